The van der Waals surface area contributed by atoms with E-state index in [4.69, 9.17) is 4.74 Å². The average molecular weight is 396 g/mol. The summed E-state index contributed by atoms with van der Waals surface area (Å²) in [6.45, 7) is 3.27. The van der Waals surface area contributed by atoms with Crippen molar-refractivity contribution in [3.63, 3.8) is 0 Å². The molecule has 0 saturated carbocycles. The van der Waals surface area contributed by atoms with Crippen molar-refractivity contribution in [1.82, 2.24) is 10.6 Å². The van der Waals surface area contributed by atoms with Crippen LogP contribution in [0.4, 0.5) is 5.69 Å². The summed E-state index contributed by atoms with van der Waals surface area (Å²) in [6, 6.07) is 15.1. The first kappa shape index (κ1) is 20.9. The molecule has 0 bridgehead atoms. The third-order valence-electron chi connectivity index (χ3n) is 5.38. The number of benzene rings is 2. The average Bonchev–Trinajstić information content (AvgIpc) is 2.74. The van der Waals surface area contributed by atoms with Gasteiger partial charge in [0.15, 0.2) is 0 Å². The lowest BCUT2D eigenvalue weighted by atomic mass is 9.83. The molecular weight excluding hydrogens is 366 g/mol. The normalized spacial score (nSPS) is 19.1. The number of nitrogens with one attached hydrogen (secondary N) is 2. The van der Waals surface area contributed by atoms with Crippen molar-refractivity contribution in [2.75, 3.05) is 32.1 Å². The van der Waals surface area contributed by atoms with Crippen molar-refractivity contribution in [3.05, 3.63) is 59.7 Å². The highest BCUT2D eigenvalue weighted by Crippen LogP contribution is 2.40. The third-order valence-corrected chi connectivity index (χ3v) is 5.38. The summed E-state index contributed by atoms with van der Waals surface area (Å²) in [5.74, 6) is 0.437. The van der Waals surface area contributed by atoms with Crippen LogP contribution in [0.15, 0.2) is 48.5 Å². The Hall–Kier alpha value is -2.86. The van der Waals surface area contributed by atoms with Gasteiger partial charge in [-0.3, -0.25) is 9.59 Å². The number of anilines is 1. The zero-order valence-corrected chi connectivity index (χ0v) is 17.3. The lowest BCUT2D eigenvalue weighted by molar-refractivity contribution is -0.129. The number of hydrogen-bond donors (Lipinski definition) is 2. The summed E-state index contributed by atoms with van der Waals surface area (Å²) in [7, 11) is 3.47. The van der Waals surface area contributed by atoms with Crippen LogP contribution in [0.2, 0.25) is 0 Å². The van der Waals surface area contributed by atoms with E-state index in [1.165, 1.54) is 0 Å². The molecule has 2 aromatic carbocycles. The highest BCUT2D eigenvalue weighted by molar-refractivity contribution is 5.97. The molecular formula is C23H29N3O3. The molecule has 3 rings (SSSR count). The van der Waals surface area contributed by atoms with Gasteiger partial charge >= 0.3 is 0 Å². The molecule has 2 N–H and O–H groups in total. The predicted octanol–water partition coefficient (Wildman–Crippen LogP) is 2.82. The number of amides is 2. The molecule has 2 aromatic rings. The molecule has 0 aliphatic carbocycles. The van der Waals surface area contributed by atoms with Crippen LogP contribution in [0.25, 0.3) is 0 Å². The number of methoxy groups -OCH3 is 1. The van der Waals surface area contributed by atoms with Gasteiger partial charge in [-0.2, -0.15) is 0 Å². The number of rotatable bonds is 7. The molecule has 2 unspecified atom stereocenters. The Kier molecular flexibility index (Phi) is 6.88. The minimum atomic E-state index is -0.362. The standard InChI is InChI=1S/C23H29N3O3/c1-16-4-8-18(9-5-16)26-21(27)13-12-20(23(28)25-15-14-24-2)22(26)17-6-10-19(29-3)11-7-17/h4-11,20,22,24H,12-15H2,1-3H3,(H,25,28). The highest BCUT2D eigenvalue weighted by atomic mass is 16.5. The molecule has 2 atom stereocenters. The summed E-state index contributed by atoms with van der Waals surface area (Å²) < 4.78 is 5.28. The molecule has 1 heterocycles. The fourth-order valence-corrected chi connectivity index (χ4v) is 3.80. The van der Waals surface area contributed by atoms with E-state index in [9.17, 15) is 9.59 Å². The lowest BCUT2D eigenvalue weighted by Crippen LogP contribution is -2.49. The molecule has 0 aromatic heterocycles. The smallest absolute Gasteiger partial charge is 0.227 e. The molecule has 29 heavy (non-hydrogen) atoms. The van der Waals surface area contributed by atoms with Gasteiger partial charge in [-0.15, -0.1) is 0 Å². The second-order valence-corrected chi connectivity index (χ2v) is 7.36. The summed E-state index contributed by atoms with van der Waals surface area (Å²) in [6.07, 6.45) is 0.883. The Balaban J connectivity index is 1.99. The van der Waals surface area contributed by atoms with Gasteiger partial charge in [-0.25, -0.2) is 0 Å². The number of aryl methyl sites for hydroxylation is 1. The van der Waals surface area contributed by atoms with Gasteiger partial charge in [-0.1, -0.05) is 29.8 Å². The summed E-state index contributed by atoms with van der Waals surface area (Å²) in [4.78, 5) is 27.8. The van der Waals surface area contributed by atoms with Gasteiger partial charge in [0.1, 0.15) is 5.75 Å². The maximum atomic E-state index is 13.0. The molecule has 0 radical (unpaired) electrons. The largest absolute Gasteiger partial charge is 0.497 e. The third kappa shape index (κ3) is 4.77. The molecule has 6 heteroatoms. The number of hydrogen-bond acceptors (Lipinski definition) is 4. The van der Waals surface area contributed by atoms with Gasteiger partial charge < -0.3 is 20.3 Å². The van der Waals surface area contributed by atoms with Crippen LogP contribution in [-0.2, 0) is 9.59 Å². The lowest BCUT2D eigenvalue weighted by Gasteiger charge is -2.41. The first-order valence-corrected chi connectivity index (χ1v) is 10.00. The zero-order valence-electron chi connectivity index (χ0n) is 17.3. The molecule has 2 amide bonds. The number of likely N-dealkylation sites (N-methyl/N-ethyl adjacent to an activating group) is 1. The van der Waals surface area contributed by atoms with Gasteiger partial charge in [0.25, 0.3) is 0 Å². The molecule has 6 nitrogen and oxygen atoms in total. The van der Waals surface area contributed by atoms with Crippen molar-refractivity contribution in [3.8, 4) is 5.75 Å². The summed E-state index contributed by atoms with van der Waals surface area (Å²) in [5, 5.41) is 6.04. The van der Waals surface area contributed by atoms with Crippen molar-refractivity contribution >= 4 is 17.5 Å². The molecule has 1 aliphatic heterocycles. The second-order valence-electron chi connectivity index (χ2n) is 7.36. The maximum absolute atomic E-state index is 13.0. The quantitative estimate of drug-likeness (QED) is 0.708. The molecule has 1 aliphatic rings. The van der Waals surface area contributed by atoms with Crippen LogP contribution in [-0.4, -0.2) is 39.1 Å². The number of ether oxygens (including phenoxy) is 1. The van der Waals surface area contributed by atoms with E-state index in [0.29, 0.717) is 25.9 Å². The second kappa shape index (κ2) is 9.56. The predicted molar refractivity (Wildman–Crippen MR) is 114 cm³/mol. The minimum Gasteiger partial charge on any atom is -0.497 e. The van der Waals surface area contributed by atoms with Gasteiger partial charge in [0.05, 0.1) is 19.1 Å². The Morgan fingerprint density at radius 2 is 1.79 bits per heavy atom. The van der Waals surface area contributed by atoms with Crippen LogP contribution >= 0.6 is 0 Å². The number of carbonyl (C=O) groups is 2. The first-order chi connectivity index (χ1) is 14.0. The van der Waals surface area contributed by atoms with E-state index in [-0.39, 0.29) is 23.8 Å². The molecule has 154 valence electrons. The Bertz CT molecular complexity index is 833. The first-order valence-electron chi connectivity index (χ1n) is 10.00. The van der Waals surface area contributed by atoms with Crippen molar-refractivity contribution in [1.29, 1.82) is 0 Å². The number of carbonyl (C=O) groups excluding carboxylic acids is 2. The number of piperidine rings is 1. The van der Waals surface area contributed by atoms with E-state index in [0.717, 1.165) is 22.6 Å². The van der Waals surface area contributed by atoms with E-state index in [2.05, 4.69) is 10.6 Å². The maximum Gasteiger partial charge on any atom is 0.227 e. The minimum absolute atomic E-state index is 0.0225. The van der Waals surface area contributed by atoms with Crippen LogP contribution < -0.4 is 20.3 Å². The topological polar surface area (TPSA) is 70.7 Å². The van der Waals surface area contributed by atoms with Gasteiger partial charge in [0, 0.05) is 25.2 Å². The molecule has 0 spiro atoms. The molecule has 1 saturated heterocycles. The monoisotopic (exact) mass is 395 g/mol. The summed E-state index contributed by atoms with van der Waals surface area (Å²) >= 11 is 0. The number of nitrogens with zero attached hydrogens (tertiary/aromatic N) is 1. The van der Waals surface area contributed by atoms with Crippen molar-refractivity contribution in [2.24, 2.45) is 5.92 Å². The van der Waals surface area contributed by atoms with Gasteiger partial charge in [-0.05, 0) is 50.2 Å². The van der Waals surface area contributed by atoms with Crippen LogP contribution in [0.5, 0.6) is 5.75 Å². The Morgan fingerprint density at radius 3 is 2.41 bits per heavy atom. The highest BCUT2D eigenvalue weighted by Gasteiger charge is 2.41. The fourth-order valence-electron chi connectivity index (χ4n) is 3.80. The Morgan fingerprint density at radius 1 is 1.10 bits per heavy atom. The van der Waals surface area contributed by atoms with Crippen LogP contribution in [0.1, 0.15) is 30.0 Å². The van der Waals surface area contributed by atoms with E-state index in [1.807, 2.05) is 62.5 Å². The van der Waals surface area contributed by atoms with Crippen molar-refractivity contribution in [2.45, 2.75) is 25.8 Å². The fraction of sp³-hybridized carbons (Fsp3) is 0.391. The summed E-state index contributed by atoms with van der Waals surface area (Å²) in [5.41, 5.74) is 2.86. The molecule has 1 fully saturated rings. The van der Waals surface area contributed by atoms with Crippen molar-refractivity contribution < 1.29 is 14.3 Å². The van der Waals surface area contributed by atoms with Gasteiger partial charge in [0.2, 0.25) is 11.8 Å². The van der Waals surface area contributed by atoms with E-state index >= 15 is 0 Å². The van der Waals surface area contributed by atoms with E-state index < -0.39 is 0 Å². The van der Waals surface area contributed by atoms with Crippen LogP contribution in [0.3, 0.4) is 0 Å². The van der Waals surface area contributed by atoms with E-state index in [1.54, 1.807) is 12.0 Å². The van der Waals surface area contributed by atoms with Crippen LogP contribution in [0, 0.1) is 12.8 Å². The Labute approximate surface area is 172 Å². The SMILES string of the molecule is CNCCNC(=O)C1CCC(=O)N(c2ccc(C)cc2)C1c1ccc(OC)cc1. The zero-order chi connectivity index (χ0) is 20.8.